The van der Waals surface area contributed by atoms with Crippen LogP contribution < -0.4 is 4.74 Å². The number of ether oxygens (including phenoxy) is 1. The van der Waals surface area contributed by atoms with Gasteiger partial charge >= 0.3 is 0 Å². The first kappa shape index (κ1) is 17.4. The molecule has 5 rings (SSSR count). The van der Waals surface area contributed by atoms with Crippen molar-refractivity contribution in [2.75, 3.05) is 7.11 Å². The molecule has 0 aliphatic heterocycles. The summed E-state index contributed by atoms with van der Waals surface area (Å²) < 4.78 is 7.24. The van der Waals surface area contributed by atoms with Gasteiger partial charge < -0.3 is 9.72 Å². The number of methoxy groups -OCH3 is 1. The van der Waals surface area contributed by atoms with E-state index in [1.54, 1.807) is 23.0 Å². The lowest BCUT2D eigenvalue weighted by atomic mass is 9.89. The van der Waals surface area contributed by atoms with E-state index in [0.717, 1.165) is 45.9 Å². The van der Waals surface area contributed by atoms with E-state index in [2.05, 4.69) is 22.0 Å². The topological polar surface area (TPSA) is 85.2 Å². The van der Waals surface area contributed by atoms with Gasteiger partial charge in [-0.25, -0.2) is 14.5 Å². The number of H-pyrrole nitrogens is 1. The first-order chi connectivity index (χ1) is 13.7. The average Bonchev–Trinajstić information content (AvgIpc) is 3.41. The highest BCUT2D eigenvalue weighted by atomic mass is 32.1. The highest BCUT2D eigenvalue weighted by Crippen LogP contribution is 2.40. The molecule has 4 aromatic rings. The lowest BCUT2D eigenvalue weighted by Gasteiger charge is -2.18. The maximum absolute atomic E-state index is 11.5. The fourth-order valence-corrected chi connectivity index (χ4v) is 5.24. The highest BCUT2D eigenvalue weighted by Gasteiger charge is 2.25. The number of aromatic nitrogens is 5. The van der Waals surface area contributed by atoms with Crippen molar-refractivity contribution in [2.24, 2.45) is 0 Å². The van der Waals surface area contributed by atoms with Crippen molar-refractivity contribution in [2.45, 2.75) is 44.9 Å². The molecule has 0 spiro atoms. The Kier molecular flexibility index (Phi) is 4.16. The van der Waals surface area contributed by atoms with Crippen molar-refractivity contribution in [3.8, 4) is 17.0 Å². The van der Waals surface area contributed by atoms with E-state index in [0.29, 0.717) is 35.9 Å². The first-order valence-electron chi connectivity index (χ1n) is 9.58. The number of hydrogen-bond donors (Lipinski definition) is 1. The van der Waals surface area contributed by atoms with Crippen LogP contribution in [0.15, 0.2) is 18.6 Å². The van der Waals surface area contributed by atoms with Gasteiger partial charge in [0.05, 0.1) is 17.8 Å². The smallest absolute Gasteiger partial charge is 0.197 e. The van der Waals surface area contributed by atoms with Gasteiger partial charge in [-0.2, -0.15) is 5.10 Å². The Labute approximate surface area is 165 Å². The first-order valence-corrected chi connectivity index (χ1v) is 10.4. The van der Waals surface area contributed by atoms with Gasteiger partial charge in [-0.15, -0.1) is 11.3 Å². The minimum absolute atomic E-state index is 0.382. The highest BCUT2D eigenvalue weighted by molar-refractivity contribution is 7.18. The SMILES string of the molecule is CCc1c(-c2cc(OC)c3ncnn3c2)[nH]c2sc(C3CCC(=O)CC3)nc12. The number of Topliss-reactive ketones (excluding diaryl/α,β-unsaturated/α-hetero) is 1. The number of fused-ring (bicyclic) bond motifs is 2. The zero-order valence-electron chi connectivity index (χ0n) is 15.9. The molecule has 0 radical (unpaired) electrons. The van der Waals surface area contributed by atoms with E-state index in [9.17, 15) is 4.79 Å². The number of rotatable bonds is 4. The van der Waals surface area contributed by atoms with Crippen molar-refractivity contribution in [1.29, 1.82) is 0 Å². The van der Waals surface area contributed by atoms with Crippen molar-refractivity contribution in [3.63, 3.8) is 0 Å². The van der Waals surface area contributed by atoms with Gasteiger partial charge in [-0.3, -0.25) is 4.79 Å². The molecule has 0 aromatic carbocycles. The van der Waals surface area contributed by atoms with E-state index in [1.165, 1.54) is 11.9 Å². The summed E-state index contributed by atoms with van der Waals surface area (Å²) in [5.74, 6) is 1.48. The molecule has 1 fully saturated rings. The standard InChI is InChI=1S/C20H21N5O2S/c1-3-14-16(12-8-15(27-2)18-21-10-22-25(18)9-12)23-20-17(14)24-19(28-20)11-4-6-13(26)7-5-11/h8-11,23H,3-7H2,1-2H3. The fraction of sp³-hybridized carbons (Fsp3) is 0.400. The summed E-state index contributed by atoms with van der Waals surface area (Å²) in [7, 11) is 1.64. The number of aryl methyl sites for hydroxylation is 1. The summed E-state index contributed by atoms with van der Waals surface area (Å²) in [6.45, 7) is 2.15. The minimum atomic E-state index is 0.382. The van der Waals surface area contributed by atoms with Crippen molar-refractivity contribution in [1.82, 2.24) is 24.6 Å². The molecule has 8 heteroatoms. The molecular weight excluding hydrogens is 374 g/mol. The van der Waals surface area contributed by atoms with Gasteiger partial charge in [0.25, 0.3) is 0 Å². The summed E-state index contributed by atoms with van der Waals surface area (Å²) >= 11 is 1.72. The summed E-state index contributed by atoms with van der Waals surface area (Å²) in [5, 5.41) is 5.42. The van der Waals surface area contributed by atoms with Gasteiger partial charge in [0.15, 0.2) is 11.4 Å². The normalized spacial score (nSPS) is 15.7. The van der Waals surface area contributed by atoms with E-state index in [-0.39, 0.29) is 0 Å². The Morgan fingerprint density at radius 2 is 2.18 bits per heavy atom. The Bertz CT molecular complexity index is 1180. The average molecular weight is 395 g/mol. The molecule has 0 unspecified atom stereocenters. The molecule has 1 saturated carbocycles. The van der Waals surface area contributed by atoms with E-state index >= 15 is 0 Å². The predicted octanol–water partition coefficient (Wildman–Crippen LogP) is 4.13. The van der Waals surface area contributed by atoms with E-state index in [4.69, 9.17) is 9.72 Å². The second-order valence-electron chi connectivity index (χ2n) is 7.20. The number of carbonyl (C=O) groups is 1. The third-order valence-electron chi connectivity index (χ3n) is 5.57. The number of aromatic amines is 1. The van der Waals surface area contributed by atoms with Crippen LogP contribution in [0.3, 0.4) is 0 Å². The van der Waals surface area contributed by atoms with Crippen LogP contribution in [-0.4, -0.2) is 37.5 Å². The van der Waals surface area contributed by atoms with Gasteiger partial charge in [-0.1, -0.05) is 6.92 Å². The molecule has 1 N–H and O–H groups in total. The Morgan fingerprint density at radius 3 is 2.93 bits per heavy atom. The fourth-order valence-electron chi connectivity index (χ4n) is 4.07. The Morgan fingerprint density at radius 1 is 1.36 bits per heavy atom. The maximum atomic E-state index is 11.5. The zero-order chi connectivity index (χ0) is 19.3. The Hall–Kier alpha value is -2.74. The van der Waals surface area contributed by atoms with Gasteiger partial charge in [0, 0.05) is 36.1 Å². The minimum Gasteiger partial charge on any atom is -0.493 e. The summed E-state index contributed by atoms with van der Waals surface area (Å²) in [6.07, 6.45) is 7.57. The van der Waals surface area contributed by atoms with Crippen molar-refractivity contribution < 1.29 is 9.53 Å². The largest absolute Gasteiger partial charge is 0.493 e. The van der Waals surface area contributed by atoms with Crippen LogP contribution in [0.4, 0.5) is 0 Å². The van der Waals surface area contributed by atoms with E-state index in [1.807, 2.05) is 12.3 Å². The van der Waals surface area contributed by atoms with Crippen LogP contribution in [0.1, 0.15) is 49.1 Å². The third kappa shape index (κ3) is 2.71. The molecular formula is C20H21N5O2S. The summed E-state index contributed by atoms with van der Waals surface area (Å²) in [4.78, 5) is 25.5. The third-order valence-corrected chi connectivity index (χ3v) is 6.70. The summed E-state index contributed by atoms with van der Waals surface area (Å²) in [6, 6.07) is 1.99. The number of pyridine rings is 1. The number of carbonyl (C=O) groups excluding carboxylic acids is 1. The second kappa shape index (κ2) is 6.70. The van der Waals surface area contributed by atoms with Crippen molar-refractivity contribution >= 4 is 33.1 Å². The van der Waals surface area contributed by atoms with Gasteiger partial charge in [-0.05, 0) is 25.3 Å². The van der Waals surface area contributed by atoms with Crippen LogP contribution in [0, 0.1) is 0 Å². The molecule has 1 aliphatic rings. The molecule has 4 heterocycles. The van der Waals surface area contributed by atoms with Crippen LogP contribution in [0.5, 0.6) is 5.75 Å². The van der Waals surface area contributed by atoms with Gasteiger partial charge in [0.1, 0.15) is 22.5 Å². The molecule has 0 saturated heterocycles. The van der Waals surface area contributed by atoms with Gasteiger partial charge in [0.2, 0.25) is 0 Å². The maximum Gasteiger partial charge on any atom is 0.197 e. The van der Waals surface area contributed by atoms with Crippen LogP contribution in [-0.2, 0) is 11.2 Å². The molecule has 7 nitrogen and oxygen atoms in total. The molecule has 0 atom stereocenters. The lowest BCUT2D eigenvalue weighted by Crippen LogP contribution is -2.12. The van der Waals surface area contributed by atoms with Crippen LogP contribution >= 0.6 is 11.3 Å². The second-order valence-corrected chi connectivity index (χ2v) is 8.23. The summed E-state index contributed by atoms with van der Waals surface area (Å²) in [5.41, 5.74) is 5.00. The molecule has 1 aliphatic carbocycles. The molecule has 28 heavy (non-hydrogen) atoms. The van der Waals surface area contributed by atoms with E-state index < -0.39 is 0 Å². The molecule has 144 valence electrons. The molecule has 0 amide bonds. The van der Waals surface area contributed by atoms with Crippen LogP contribution in [0.2, 0.25) is 0 Å². The predicted molar refractivity (Wildman–Crippen MR) is 108 cm³/mol. The number of thiazole rings is 1. The molecule has 0 bridgehead atoms. The monoisotopic (exact) mass is 395 g/mol. The Balaban J connectivity index is 1.59. The van der Waals surface area contributed by atoms with Crippen molar-refractivity contribution in [3.05, 3.63) is 29.2 Å². The van der Waals surface area contributed by atoms with Crippen LogP contribution in [0.25, 0.3) is 27.3 Å². The quantitative estimate of drug-likeness (QED) is 0.561. The molecule has 4 aromatic heterocycles. The lowest BCUT2D eigenvalue weighted by molar-refractivity contribution is -0.120. The number of nitrogens with zero attached hydrogens (tertiary/aromatic N) is 4. The zero-order valence-corrected chi connectivity index (χ0v) is 16.7. The number of ketones is 1. The number of nitrogens with one attached hydrogen (secondary N) is 1. The number of hydrogen-bond acceptors (Lipinski definition) is 6.